The lowest BCUT2D eigenvalue weighted by Crippen LogP contribution is -1.85. The number of aromatic nitrogens is 3. The molecule has 3 nitrogen and oxygen atoms in total. The van der Waals surface area contributed by atoms with Gasteiger partial charge in [-0.15, -0.1) is 0 Å². The van der Waals surface area contributed by atoms with Crippen LogP contribution < -0.4 is 0 Å². The van der Waals surface area contributed by atoms with Crippen LogP contribution in [-0.2, 0) is 0 Å². The molecule has 0 saturated carbocycles. The number of imidazole rings is 2. The highest BCUT2D eigenvalue weighted by molar-refractivity contribution is 6.35. The molecule has 0 radical (unpaired) electrons. The molecule has 0 amide bonds. The summed E-state index contributed by atoms with van der Waals surface area (Å²) < 4.78 is 2.03. The third-order valence-corrected chi connectivity index (χ3v) is 3.23. The molecular formula is C14H12ClN3. The summed E-state index contributed by atoms with van der Waals surface area (Å²) in [6, 6.07) is 5.77. The quantitative estimate of drug-likeness (QED) is 0.735. The van der Waals surface area contributed by atoms with Crippen molar-refractivity contribution in [2.45, 2.75) is 6.92 Å². The summed E-state index contributed by atoms with van der Waals surface area (Å²) in [4.78, 5) is 7.79. The molecule has 0 saturated heterocycles. The van der Waals surface area contributed by atoms with Crippen molar-refractivity contribution in [2.75, 3.05) is 0 Å². The maximum absolute atomic E-state index is 6.15. The van der Waals surface area contributed by atoms with Crippen LogP contribution in [0.4, 0.5) is 0 Å². The van der Waals surface area contributed by atoms with E-state index in [0.717, 1.165) is 28.2 Å². The molecule has 0 unspecified atom stereocenters. The second kappa shape index (κ2) is 4.03. The summed E-state index contributed by atoms with van der Waals surface area (Å²) in [5.74, 6) is 0.779. The van der Waals surface area contributed by atoms with Gasteiger partial charge < -0.3 is 4.98 Å². The average Bonchev–Trinajstić information content (AvgIpc) is 2.86. The summed E-state index contributed by atoms with van der Waals surface area (Å²) in [5, 5.41) is 0.659. The predicted octanol–water partition coefficient (Wildman–Crippen LogP) is 4.15. The van der Waals surface area contributed by atoms with Crippen molar-refractivity contribution < 1.29 is 0 Å². The van der Waals surface area contributed by atoms with Gasteiger partial charge in [-0.3, -0.25) is 4.40 Å². The summed E-state index contributed by atoms with van der Waals surface area (Å²) in [6.07, 6.45) is 5.80. The first-order valence-corrected chi connectivity index (χ1v) is 6.08. The molecule has 0 bridgehead atoms. The van der Waals surface area contributed by atoms with Crippen molar-refractivity contribution in [1.29, 1.82) is 0 Å². The molecule has 1 N–H and O–H groups in total. The fourth-order valence-electron chi connectivity index (χ4n) is 2.19. The maximum atomic E-state index is 6.15. The van der Waals surface area contributed by atoms with E-state index in [9.17, 15) is 0 Å². The van der Waals surface area contributed by atoms with Gasteiger partial charge in [0.2, 0.25) is 5.78 Å². The molecule has 0 spiro atoms. The van der Waals surface area contributed by atoms with Crippen LogP contribution in [0.2, 0.25) is 5.02 Å². The summed E-state index contributed by atoms with van der Waals surface area (Å²) in [5.41, 5.74) is 3.78. The first-order chi connectivity index (χ1) is 8.76. The van der Waals surface area contributed by atoms with Crippen LogP contribution >= 0.6 is 11.6 Å². The standard InChI is InChI=1S/C14H12ClN3/c1-3-6-10-11(4-2)18-12-8-5-7-9(15)13(12)17-14(18)16-10/h3-8H,2H2,1H3,(H,16,17)/b6-3-. The topological polar surface area (TPSA) is 33.1 Å². The molecule has 0 atom stereocenters. The van der Waals surface area contributed by atoms with Crippen LogP contribution in [0, 0.1) is 0 Å². The number of allylic oxidation sites excluding steroid dienone is 1. The zero-order chi connectivity index (χ0) is 12.7. The highest BCUT2D eigenvalue weighted by Crippen LogP contribution is 2.27. The van der Waals surface area contributed by atoms with Crippen molar-refractivity contribution in [3.05, 3.63) is 47.3 Å². The molecule has 0 aliphatic rings. The van der Waals surface area contributed by atoms with Crippen LogP contribution in [0.1, 0.15) is 18.3 Å². The van der Waals surface area contributed by atoms with E-state index >= 15 is 0 Å². The molecule has 0 aliphatic carbocycles. The number of para-hydroxylation sites is 1. The van der Waals surface area contributed by atoms with E-state index in [2.05, 4.69) is 16.5 Å². The number of nitrogens with one attached hydrogen (secondary N) is 1. The SMILES string of the molecule is C=Cc1c(/C=C\C)[nH]c2nc3c(Cl)cccc3n12. The van der Waals surface area contributed by atoms with Gasteiger partial charge in [-0.05, 0) is 31.2 Å². The van der Waals surface area contributed by atoms with Gasteiger partial charge in [-0.25, -0.2) is 4.98 Å². The Labute approximate surface area is 109 Å². The molecule has 18 heavy (non-hydrogen) atoms. The fraction of sp³-hybridized carbons (Fsp3) is 0.0714. The Morgan fingerprint density at radius 2 is 2.28 bits per heavy atom. The number of halogens is 1. The van der Waals surface area contributed by atoms with Crippen molar-refractivity contribution in [2.24, 2.45) is 0 Å². The summed E-state index contributed by atoms with van der Waals surface area (Å²) in [7, 11) is 0. The first-order valence-electron chi connectivity index (χ1n) is 5.70. The lowest BCUT2D eigenvalue weighted by Gasteiger charge is -1.97. The second-order valence-corrected chi connectivity index (χ2v) is 4.41. The minimum absolute atomic E-state index is 0.659. The number of benzene rings is 1. The molecule has 4 heteroatoms. The van der Waals surface area contributed by atoms with Gasteiger partial charge in [0.25, 0.3) is 0 Å². The van der Waals surface area contributed by atoms with E-state index in [1.54, 1.807) is 0 Å². The lowest BCUT2D eigenvalue weighted by atomic mass is 10.2. The van der Waals surface area contributed by atoms with E-state index in [1.807, 2.05) is 47.8 Å². The maximum Gasteiger partial charge on any atom is 0.213 e. The normalized spacial score (nSPS) is 11.9. The van der Waals surface area contributed by atoms with E-state index < -0.39 is 0 Å². The summed E-state index contributed by atoms with van der Waals surface area (Å²) >= 11 is 6.15. The average molecular weight is 258 g/mol. The first kappa shape index (κ1) is 11.1. The highest BCUT2D eigenvalue weighted by atomic mass is 35.5. The van der Waals surface area contributed by atoms with Crippen LogP contribution in [0.3, 0.4) is 0 Å². The number of rotatable bonds is 2. The van der Waals surface area contributed by atoms with Crippen LogP contribution in [0.25, 0.3) is 29.0 Å². The van der Waals surface area contributed by atoms with Gasteiger partial charge in [0.05, 0.1) is 21.9 Å². The molecule has 3 aromatic rings. The van der Waals surface area contributed by atoms with Gasteiger partial charge in [0, 0.05) is 0 Å². The Morgan fingerprint density at radius 3 is 3.00 bits per heavy atom. The van der Waals surface area contributed by atoms with Gasteiger partial charge in [-0.2, -0.15) is 0 Å². The number of aromatic amines is 1. The molecular weight excluding hydrogens is 246 g/mol. The highest BCUT2D eigenvalue weighted by Gasteiger charge is 2.13. The minimum Gasteiger partial charge on any atom is -0.323 e. The molecule has 0 aliphatic heterocycles. The van der Waals surface area contributed by atoms with E-state index in [4.69, 9.17) is 11.6 Å². The summed E-state index contributed by atoms with van der Waals surface area (Å²) in [6.45, 7) is 5.85. The number of hydrogen-bond donors (Lipinski definition) is 1. The fourth-order valence-corrected chi connectivity index (χ4v) is 2.40. The van der Waals surface area contributed by atoms with E-state index in [0.29, 0.717) is 5.02 Å². The smallest absolute Gasteiger partial charge is 0.213 e. The largest absolute Gasteiger partial charge is 0.323 e. The Morgan fingerprint density at radius 1 is 1.44 bits per heavy atom. The number of H-pyrrole nitrogens is 1. The van der Waals surface area contributed by atoms with Crippen LogP contribution in [0.15, 0.2) is 30.9 Å². The molecule has 3 rings (SSSR count). The molecule has 90 valence electrons. The molecule has 2 heterocycles. The van der Waals surface area contributed by atoms with Crippen molar-refractivity contribution in [3.8, 4) is 0 Å². The number of nitrogens with zero attached hydrogens (tertiary/aromatic N) is 2. The predicted molar refractivity (Wildman–Crippen MR) is 76.9 cm³/mol. The van der Waals surface area contributed by atoms with Gasteiger partial charge in [0.1, 0.15) is 5.52 Å². The lowest BCUT2D eigenvalue weighted by molar-refractivity contribution is 1.23. The van der Waals surface area contributed by atoms with Gasteiger partial charge in [0.15, 0.2) is 0 Å². The van der Waals surface area contributed by atoms with Crippen LogP contribution in [-0.4, -0.2) is 14.4 Å². The minimum atomic E-state index is 0.659. The van der Waals surface area contributed by atoms with Crippen molar-refractivity contribution in [3.63, 3.8) is 0 Å². The molecule has 2 aromatic heterocycles. The van der Waals surface area contributed by atoms with Crippen LogP contribution in [0.5, 0.6) is 0 Å². The Bertz CT molecular complexity index is 777. The monoisotopic (exact) mass is 257 g/mol. The number of fused-ring (bicyclic) bond motifs is 3. The Hall–Kier alpha value is -2.00. The van der Waals surface area contributed by atoms with Crippen molar-refractivity contribution in [1.82, 2.24) is 14.4 Å². The zero-order valence-electron chi connectivity index (χ0n) is 9.94. The second-order valence-electron chi connectivity index (χ2n) is 4.01. The van der Waals surface area contributed by atoms with E-state index in [-0.39, 0.29) is 0 Å². The Balaban J connectivity index is 2.49. The van der Waals surface area contributed by atoms with Gasteiger partial charge >= 0.3 is 0 Å². The third kappa shape index (κ3) is 1.41. The zero-order valence-corrected chi connectivity index (χ0v) is 10.7. The van der Waals surface area contributed by atoms with Gasteiger partial charge in [-0.1, -0.05) is 30.3 Å². The molecule has 1 aromatic carbocycles. The molecule has 0 fully saturated rings. The third-order valence-electron chi connectivity index (χ3n) is 2.93. The number of hydrogen-bond acceptors (Lipinski definition) is 1. The Kier molecular flexibility index (Phi) is 2.49. The van der Waals surface area contributed by atoms with E-state index in [1.165, 1.54) is 0 Å². The van der Waals surface area contributed by atoms with Crippen molar-refractivity contribution >= 4 is 40.6 Å².